The Kier molecular flexibility index (Phi) is 4.49. The van der Waals surface area contributed by atoms with Crippen LogP contribution in [0.1, 0.15) is 12.5 Å². The van der Waals surface area contributed by atoms with Crippen LogP contribution in [0.3, 0.4) is 0 Å². The van der Waals surface area contributed by atoms with Gasteiger partial charge in [-0.25, -0.2) is 4.98 Å². The van der Waals surface area contributed by atoms with Gasteiger partial charge in [0.1, 0.15) is 0 Å². The second-order valence-corrected chi connectivity index (χ2v) is 4.02. The molecule has 0 spiro atoms. The molecule has 1 aromatic carbocycles. The number of nitrogens with zero attached hydrogens (tertiary/aromatic N) is 2. The molecule has 0 saturated heterocycles. The molecule has 6 nitrogen and oxygen atoms in total. The van der Waals surface area contributed by atoms with Gasteiger partial charge in [0.05, 0.1) is 11.5 Å². The largest absolute Gasteiger partial charge is 0.490 e. The van der Waals surface area contributed by atoms with Crippen molar-refractivity contribution < 1.29 is 9.66 Å². The lowest BCUT2D eigenvalue weighted by Crippen LogP contribution is -2.06. The van der Waals surface area contributed by atoms with E-state index in [0.717, 1.165) is 0 Å². The van der Waals surface area contributed by atoms with E-state index in [1.54, 1.807) is 36.5 Å². The van der Waals surface area contributed by atoms with Crippen LogP contribution >= 0.6 is 0 Å². The number of ether oxygens (including phenoxy) is 1. The van der Waals surface area contributed by atoms with Crippen LogP contribution in [0.25, 0.3) is 0 Å². The van der Waals surface area contributed by atoms with Crippen LogP contribution in [0.15, 0.2) is 42.6 Å². The maximum absolute atomic E-state index is 10.9. The minimum absolute atomic E-state index is 0.0916. The lowest BCUT2D eigenvalue weighted by Gasteiger charge is -2.11. The van der Waals surface area contributed by atoms with Crippen molar-refractivity contribution >= 4 is 11.5 Å². The molecule has 0 unspecified atom stereocenters. The smallest absolute Gasteiger partial charge is 0.274 e. The number of nitrogens with one attached hydrogen (secondary N) is 1. The maximum Gasteiger partial charge on any atom is 0.274 e. The third kappa shape index (κ3) is 3.23. The normalized spacial score (nSPS) is 10.1. The monoisotopic (exact) mass is 273 g/mol. The Hall–Kier alpha value is -2.63. The lowest BCUT2D eigenvalue weighted by molar-refractivity contribution is -0.385. The van der Waals surface area contributed by atoms with Crippen LogP contribution in [0.2, 0.25) is 0 Å². The van der Waals surface area contributed by atoms with E-state index in [2.05, 4.69) is 10.3 Å². The lowest BCUT2D eigenvalue weighted by atomic mass is 10.2. The van der Waals surface area contributed by atoms with E-state index in [1.807, 2.05) is 6.92 Å². The molecule has 0 aliphatic heterocycles. The van der Waals surface area contributed by atoms with Crippen molar-refractivity contribution in [3.8, 4) is 5.75 Å². The fraction of sp³-hybridized carbons (Fsp3) is 0.214. The van der Waals surface area contributed by atoms with Crippen LogP contribution < -0.4 is 10.1 Å². The standard InChI is InChI=1S/C14H15N3O3/c1-2-20-13-8-5-9-15-14(13)16-10-11-6-3-4-7-12(11)17(18)19/h3-9H,2,10H2,1H3,(H,15,16). The van der Waals surface area contributed by atoms with Crippen molar-refractivity contribution in [2.75, 3.05) is 11.9 Å². The zero-order valence-corrected chi connectivity index (χ0v) is 11.1. The fourth-order valence-corrected chi connectivity index (χ4v) is 1.81. The number of para-hydroxylation sites is 1. The van der Waals surface area contributed by atoms with Crippen molar-refractivity contribution in [3.63, 3.8) is 0 Å². The Balaban J connectivity index is 2.15. The molecule has 6 heteroatoms. The summed E-state index contributed by atoms with van der Waals surface area (Å²) in [7, 11) is 0. The molecule has 2 rings (SSSR count). The molecule has 0 radical (unpaired) electrons. The molecule has 0 aliphatic carbocycles. The predicted molar refractivity (Wildman–Crippen MR) is 75.8 cm³/mol. The molecule has 1 heterocycles. The van der Waals surface area contributed by atoms with E-state index in [9.17, 15) is 10.1 Å². The first-order valence-corrected chi connectivity index (χ1v) is 6.26. The highest BCUT2D eigenvalue weighted by Crippen LogP contribution is 2.23. The molecule has 0 aliphatic rings. The van der Waals surface area contributed by atoms with E-state index in [1.165, 1.54) is 6.07 Å². The Labute approximate surface area is 116 Å². The van der Waals surface area contributed by atoms with E-state index in [-0.39, 0.29) is 10.6 Å². The molecule has 0 fully saturated rings. The zero-order chi connectivity index (χ0) is 14.4. The summed E-state index contributed by atoms with van der Waals surface area (Å²) in [6.45, 7) is 2.74. The number of pyridine rings is 1. The Morgan fingerprint density at radius 1 is 1.30 bits per heavy atom. The van der Waals surface area contributed by atoms with Crippen molar-refractivity contribution in [3.05, 3.63) is 58.3 Å². The van der Waals surface area contributed by atoms with E-state index >= 15 is 0 Å². The van der Waals surface area contributed by atoms with Crippen LogP contribution in [0, 0.1) is 10.1 Å². The maximum atomic E-state index is 10.9. The first-order chi connectivity index (χ1) is 9.72. The number of anilines is 1. The second-order valence-electron chi connectivity index (χ2n) is 4.02. The SMILES string of the molecule is CCOc1cccnc1NCc1ccccc1[N+](=O)[O-]. The zero-order valence-electron chi connectivity index (χ0n) is 11.1. The van der Waals surface area contributed by atoms with Gasteiger partial charge in [0.2, 0.25) is 0 Å². The Morgan fingerprint density at radius 3 is 2.85 bits per heavy atom. The van der Waals surface area contributed by atoms with Gasteiger partial charge in [-0.3, -0.25) is 10.1 Å². The molecular formula is C14H15N3O3. The number of aromatic nitrogens is 1. The highest BCUT2D eigenvalue weighted by atomic mass is 16.6. The molecule has 0 bridgehead atoms. The molecule has 0 amide bonds. The minimum atomic E-state index is -0.390. The summed E-state index contributed by atoms with van der Waals surface area (Å²) in [6, 6.07) is 10.2. The van der Waals surface area contributed by atoms with Gasteiger partial charge in [0.15, 0.2) is 11.6 Å². The highest BCUT2D eigenvalue weighted by Gasteiger charge is 2.12. The molecule has 104 valence electrons. The number of benzene rings is 1. The summed E-state index contributed by atoms with van der Waals surface area (Å²) >= 11 is 0. The number of hydrogen-bond donors (Lipinski definition) is 1. The van der Waals surface area contributed by atoms with Crippen LogP contribution in [0.4, 0.5) is 11.5 Å². The summed E-state index contributed by atoms with van der Waals surface area (Å²) < 4.78 is 5.44. The summed E-state index contributed by atoms with van der Waals surface area (Å²) in [5, 5.41) is 14.0. The Morgan fingerprint density at radius 2 is 2.10 bits per heavy atom. The number of rotatable bonds is 6. The molecule has 20 heavy (non-hydrogen) atoms. The summed E-state index contributed by atoms with van der Waals surface area (Å²) in [4.78, 5) is 14.7. The molecule has 0 atom stereocenters. The second kappa shape index (κ2) is 6.51. The van der Waals surface area contributed by atoms with Crippen LogP contribution in [-0.2, 0) is 6.54 Å². The number of nitro groups is 1. The highest BCUT2D eigenvalue weighted by molar-refractivity contribution is 5.51. The predicted octanol–water partition coefficient (Wildman–Crippen LogP) is 3.00. The average Bonchev–Trinajstić information content (AvgIpc) is 2.47. The molecule has 1 aromatic heterocycles. The molecular weight excluding hydrogens is 258 g/mol. The molecule has 1 N–H and O–H groups in total. The van der Waals surface area contributed by atoms with Crippen molar-refractivity contribution in [1.29, 1.82) is 0 Å². The average molecular weight is 273 g/mol. The van der Waals surface area contributed by atoms with Crippen molar-refractivity contribution in [2.45, 2.75) is 13.5 Å². The van der Waals surface area contributed by atoms with Gasteiger partial charge >= 0.3 is 0 Å². The van der Waals surface area contributed by atoms with Crippen LogP contribution in [0.5, 0.6) is 5.75 Å². The quantitative estimate of drug-likeness (QED) is 0.646. The number of hydrogen-bond acceptors (Lipinski definition) is 5. The Bertz CT molecular complexity index is 602. The van der Waals surface area contributed by atoms with Crippen molar-refractivity contribution in [2.24, 2.45) is 0 Å². The third-order valence-electron chi connectivity index (χ3n) is 2.71. The fourth-order valence-electron chi connectivity index (χ4n) is 1.81. The van der Waals surface area contributed by atoms with Gasteiger partial charge in [0.25, 0.3) is 5.69 Å². The van der Waals surface area contributed by atoms with E-state index < -0.39 is 0 Å². The first kappa shape index (κ1) is 13.8. The van der Waals surface area contributed by atoms with Gasteiger partial charge in [-0.15, -0.1) is 0 Å². The summed E-state index contributed by atoms with van der Waals surface area (Å²) in [6.07, 6.45) is 1.64. The first-order valence-electron chi connectivity index (χ1n) is 6.26. The van der Waals surface area contributed by atoms with E-state index in [4.69, 9.17) is 4.74 Å². The third-order valence-corrected chi connectivity index (χ3v) is 2.71. The van der Waals surface area contributed by atoms with Crippen molar-refractivity contribution in [1.82, 2.24) is 4.98 Å². The van der Waals surface area contributed by atoms with Gasteiger partial charge in [-0.1, -0.05) is 18.2 Å². The summed E-state index contributed by atoms with van der Waals surface area (Å²) in [5.74, 6) is 1.21. The van der Waals surface area contributed by atoms with Gasteiger partial charge < -0.3 is 10.1 Å². The van der Waals surface area contributed by atoms with Gasteiger partial charge in [0, 0.05) is 24.4 Å². The van der Waals surface area contributed by atoms with E-state index in [0.29, 0.717) is 30.3 Å². The summed E-state index contributed by atoms with van der Waals surface area (Å²) in [5.41, 5.74) is 0.694. The number of nitro benzene ring substituents is 1. The van der Waals surface area contributed by atoms with Gasteiger partial charge in [-0.05, 0) is 19.1 Å². The van der Waals surface area contributed by atoms with Gasteiger partial charge in [-0.2, -0.15) is 0 Å². The van der Waals surface area contributed by atoms with Crippen LogP contribution in [-0.4, -0.2) is 16.5 Å². The molecule has 0 saturated carbocycles. The topological polar surface area (TPSA) is 77.3 Å². The molecule has 2 aromatic rings. The minimum Gasteiger partial charge on any atom is -0.490 e.